The van der Waals surface area contributed by atoms with Crippen molar-refractivity contribution >= 4 is 57.9 Å². The van der Waals surface area contributed by atoms with Crippen LogP contribution in [0.4, 0.5) is 16.2 Å². The Morgan fingerprint density at radius 1 is 1.21 bits per heavy atom. The van der Waals surface area contributed by atoms with Crippen LogP contribution in [0.2, 0.25) is 5.02 Å². The largest absolute Gasteiger partial charge is 0.325 e. The van der Waals surface area contributed by atoms with Crippen LogP contribution in [0.1, 0.15) is 5.56 Å². The first-order valence-electron chi connectivity index (χ1n) is 7.89. The van der Waals surface area contributed by atoms with Crippen LogP contribution in [0.5, 0.6) is 0 Å². The number of benzene rings is 2. The third-order valence-electron chi connectivity index (χ3n) is 3.70. The predicted octanol–water partition coefficient (Wildman–Crippen LogP) is 3.92. The Labute approximate surface area is 168 Å². The molecular weight excluding hydrogens is 406 g/mol. The first-order chi connectivity index (χ1) is 13.3. The molecule has 0 unspecified atom stereocenters. The molecule has 0 radical (unpaired) electrons. The third-order valence-corrected chi connectivity index (χ3v) is 4.92. The smallest absolute Gasteiger partial charge is 0.294 e. The highest BCUT2D eigenvalue weighted by Crippen LogP contribution is 2.33. The summed E-state index contributed by atoms with van der Waals surface area (Å²) >= 11 is 6.42. The van der Waals surface area contributed by atoms with Gasteiger partial charge in [0.25, 0.3) is 16.8 Å². The molecule has 3 rings (SSSR count). The van der Waals surface area contributed by atoms with E-state index in [4.69, 9.17) is 11.6 Å². The van der Waals surface area contributed by atoms with Gasteiger partial charge in [-0.25, -0.2) is 0 Å². The minimum atomic E-state index is -0.643. The zero-order valence-electron chi connectivity index (χ0n) is 14.1. The molecule has 1 aliphatic rings. The topological polar surface area (TPSA) is 110 Å². The Balaban J connectivity index is 1.74. The van der Waals surface area contributed by atoms with Gasteiger partial charge < -0.3 is 5.32 Å². The second kappa shape index (κ2) is 8.24. The maximum Gasteiger partial charge on any atom is 0.294 e. The molecule has 1 fully saturated rings. The van der Waals surface area contributed by atoms with Crippen molar-refractivity contribution in [3.8, 4) is 0 Å². The minimum absolute atomic E-state index is 0.0344. The summed E-state index contributed by atoms with van der Waals surface area (Å²) in [4.78, 5) is 47.9. The highest BCUT2D eigenvalue weighted by Gasteiger charge is 2.36. The van der Waals surface area contributed by atoms with Gasteiger partial charge in [-0.05, 0) is 41.6 Å². The number of nitro benzene ring substituents is 1. The zero-order valence-corrected chi connectivity index (χ0v) is 15.7. The molecule has 0 bridgehead atoms. The number of hydrogen-bond acceptors (Lipinski definition) is 6. The first-order valence-corrected chi connectivity index (χ1v) is 9.09. The monoisotopic (exact) mass is 417 g/mol. The molecule has 28 heavy (non-hydrogen) atoms. The number of nitro groups is 1. The normalized spacial score (nSPS) is 15.2. The second-order valence-corrected chi connectivity index (χ2v) is 7.05. The van der Waals surface area contributed by atoms with Gasteiger partial charge in [-0.15, -0.1) is 0 Å². The minimum Gasteiger partial charge on any atom is -0.325 e. The SMILES string of the molecule is O=C(CN1C(=O)S/C(=C\c2ccc(Cl)c([N+](=O)[O-])c2)C1=O)Nc1ccccc1. The lowest BCUT2D eigenvalue weighted by molar-refractivity contribution is -0.384. The second-order valence-electron chi connectivity index (χ2n) is 5.65. The van der Waals surface area contributed by atoms with Crippen LogP contribution < -0.4 is 5.32 Å². The number of imide groups is 1. The van der Waals surface area contributed by atoms with Gasteiger partial charge in [-0.1, -0.05) is 35.9 Å². The van der Waals surface area contributed by atoms with Gasteiger partial charge in [-0.3, -0.25) is 29.4 Å². The molecule has 0 aliphatic carbocycles. The highest BCUT2D eigenvalue weighted by molar-refractivity contribution is 8.18. The number of nitrogens with zero attached hydrogens (tertiary/aromatic N) is 2. The number of hydrogen-bond donors (Lipinski definition) is 1. The summed E-state index contributed by atoms with van der Waals surface area (Å²) in [5.74, 6) is -1.16. The summed E-state index contributed by atoms with van der Waals surface area (Å²) in [5, 5.41) is 12.9. The standard InChI is InChI=1S/C18H12ClN3O5S/c19-13-7-6-11(8-14(13)22(26)27)9-15-17(24)21(18(25)28-15)10-16(23)20-12-4-2-1-3-5-12/h1-9H,10H2,(H,20,23)/b15-9-. The predicted molar refractivity (Wildman–Crippen MR) is 106 cm³/mol. The number of nitrogens with one attached hydrogen (secondary N) is 1. The van der Waals surface area contributed by atoms with Crippen LogP contribution >= 0.6 is 23.4 Å². The number of para-hydroxylation sites is 1. The van der Waals surface area contributed by atoms with Crippen LogP contribution in [0.15, 0.2) is 53.4 Å². The molecule has 2 aromatic rings. The molecule has 1 N–H and O–H groups in total. The molecule has 10 heteroatoms. The van der Waals surface area contributed by atoms with Gasteiger partial charge in [0.2, 0.25) is 5.91 Å². The molecule has 0 saturated carbocycles. The van der Waals surface area contributed by atoms with Gasteiger partial charge in [0.05, 0.1) is 9.83 Å². The molecule has 8 nitrogen and oxygen atoms in total. The maximum absolute atomic E-state index is 12.5. The van der Waals surface area contributed by atoms with E-state index in [1.807, 2.05) is 0 Å². The molecule has 0 atom stereocenters. The fourth-order valence-corrected chi connectivity index (χ4v) is 3.44. The van der Waals surface area contributed by atoms with E-state index in [0.29, 0.717) is 23.0 Å². The zero-order chi connectivity index (χ0) is 20.3. The number of halogens is 1. The van der Waals surface area contributed by atoms with Gasteiger partial charge in [0.1, 0.15) is 11.6 Å². The van der Waals surface area contributed by atoms with Crippen LogP contribution in [-0.4, -0.2) is 33.4 Å². The lowest BCUT2D eigenvalue weighted by Crippen LogP contribution is -2.36. The van der Waals surface area contributed by atoms with E-state index in [-0.39, 0.29) is 15.6 Å². The van der Waals surface area contributed by atoms with Crippen molar-refractivity contribution in [1.82, 2.24) is 4.90 Å². The van der Waals surface area contributed by atoms with Crippen molar-refractivity contribution in [3.05, 3.63) is 74.1 Å². The van der Waals surface area contributed by atoms with Crippen molar-refractivity contribution in [2.24, 2.45) is 0 Å². The number of thioether (sulfide) groups is 1. The average molecular weight is 418 g/mol. The van der Waals surface area contributed by atoms with Gasteiger partial charge in [0, 0.05) is 11.8 Å². The lowest BCUT2D eigenvalue weighted by Gasteiger charge is -2.12. The van der Waals surface area contributed by atoms with E-state index in [1.54, 1.807) is 30.3 Å². The van der Waals surface area contributed by atoms with Crippen LogP contribution in [-0.2, 0) is 9.59 Å². The Bertz CT molecular complexity index is 1010. The van der Waals surface area contributed by atoms with Gasteiger partial charge in [-0.2, -0.15) is 0 Å². The van der Waals surface area contributed by atoms with Crippen LogP contribution in [0, 0.1) is 10.1 Å². The number of amides is 3. The van der Waals surface area contributed by atoms with Crippen LogP contribution in [0.3, 0.4) is 0 Å². The fraction of sp³-hybridized carbons (Fsp3) is 0.0556. The van der Waals surface area contributed by atoms with E-state index in [2.05, 4.69) is 5.32 Å². The van der Waals surface area contributed by atoms with Crippen LogP contribution in [0.25, 0.3) is 6.08 Å². The molecule has 0 spiro atoms. The quantitative estimate of drug-likeness (QED) is 0.448. The Morgan fingerprint density at radius 3 is 2.61 bits per heavy atom. The number of anilines is 1. The molecule has 2 aromatic carbocycles. The molecule has 0 aromatic heterocycles. The van der Waals surface area contributed by atoms with Crippen molar-refractivity contribution in [1.29, 1.82) is 0 Å². The number of carbonyl (C=O) groups excluding carboxylic acids is 3. The van der Waals surface area contributed by atoms with Gasteiger partial charge in [0.15, 0.2) is 0 Å². The summed E-state index contributed by atoms with van der Waals surface area (Å²) in [6.07, 6.45) is 1.35. The number of rotatable bonds is 5. The van der Waals surface area contributed by atoms with E-state index >= 15 is 0 Å². The first kappa shape index (κ1) is 19.6. The van der Waals surface area contributed by atoms with Crippen molar-refractivity contribution in [3.63, 3.8) is 0 Å². The van der Waals surface area contributed by atoms with E-state index in [1.165, 1.54) is 24.3 Å². The van der Waals surface area contributed by atoms with Crippen molar-refractivity contribution < 1.29 is 19.3 Å². The lowest BCUT2D eigenvalue weighted by atomic mass is 10.2. The van der Waals surface area contributed by atoms with Crippen molar-refractivity contribution in [2.75, 3.05) is 11.9 Å². The fourth-order valence-electron chi connectivity index (χ4n) is 2.41. The Morgan fingerprint density at radius 2 is 1.93 bits per heavy atom. The molecular formula is C18H12ClN3O5S. The van der Waals surface area contributed by atoms with E-state index in [9.17, 15) is 24.5 Å². The Hall–Kier alpha value is -3.17. The summed E-state index contributed by atoms with van der Waals surface area (Å²) in [6.45, 7) is -0.433. The molecule has 1 heterocycles. The number of carbonyl (C=O) groups is 3. The highest BCUT2D eigenvalue weighted by atomic mass is 35.5. The summed E-state index contributed by atoms with van der Waals surface area (Å²) in [7, 11) is 0. The Kier molecular flexibility index (Phi) is 5.76. The van der Waals surface area contributed by atoms with Gasteiger partial charge >= 0.3 is 0 Å². The van der Waals surface area contributed by atoms with Crippen molar-refractivity contribution in [2.45, 2.75) is 0 Å². The molecule has 142 valence electrons. The van der Waals surface area contributed by atoms with E-state index < -0.39 is 28.5 Å². The molecule has 3 amide bonds. The summed E-state index contributed by atoms with van der Waals surface area (Å²) in [5.41, 5.74) is 0.579. The van der Waals surface area contributed by atoms with E-state index in [0.717, 1.165) is 4.90 Å². The summed E-state index contributed by atoms with van der Waals surface area (Å²) in [6, 6.07) is 12.7. The average Bonchev–Trinajstić information content (AvgIpc) is 2.91. The third kappa shape index (κ3) is 4.38. The maximum atomic E-state index is 12.5. The molecule has 1 aliphatic heterocycles. The molecule has 1 saturated heterocycles. The summed E-state index contributed by atoms with van der Waals surface area (Å²) < 4.78 is 0.